The van der Waals surface area contributed by atoms with E-state index in [2.05, 4.69) is 0 Å². The number of hydrogen-bond acceptors (Lipinski definition) is 2. The highest BCUT2D eigenvalue weighted by atomic mass is 19.1. The van der Waals surface area contributed by atoms with Crippen molar-refractivity contribution < 1.29 is 9.13 Å². The van der Waals surface area contributed by atoms with Gasteiger partial charge in [0.1, 0.15) is 5.82 Å². The largest absolute Gasteiger partial charge is 0.396 e. The summed E-state index contributed by atoms with van der Waals surface area (Å²) in [5.74, 6) is 0.146. The number of nitrogen functional groups attached to an aromatic ring is 1. The predicted octanol–water partition coefficient (Wildman–Crippen LogP) is 2.30. The minimum absolute atomic E-state index is 0.244. The van der Waals surface area contributed by atoms with E-state index >= 15 is 0 Å². The molecule has 0 atom stereocenters. The van der Waals surface area contributed by atoms with Gasteiger partial charge in [-0.15, -0.1) is 0 Å². The van der Waals surface area contributed by atoms with Crippen LogP contribution in [0.3, 0.4) is 0 Å². The van der Waals surface area contributed by atoms with Gasteiger partial charge in [-0.2, -0.15) is 0 Å². The first-order valence-electron chi connectivity index (χ1n) is 4.90. The van der Waals surface area contributed by atoms with Crippen molar-refractivity contribution in [1.82, 2.24) is 0 Å². The lowest BCUT2D eigenvalue weighted by molar-refractivity contribution is 0.0853. The normalized spacial score (nSPS) is 18.4. The lowest BCUT2D eigenvalue weighted by Gasteiger charge is -2.22. The van der Waals surface area contributed by atoms with E-state index in [0.29, 0.717) is 5.92 Å². The Kier molecular flexibility index (Phi) is 2.68. The van der Waals surface area contributed by atoms with Gasteiger partial charge in [0.25, 0.3) is 0 Å². The zero-order valence-corrected chi connectivity index (χ0v) is 8.00. The SMILES string of the molecule is Nc1cc(C2CCOCC2)ccc1F. The van der Waals surface area contributed by atoms with Gasteiger partial charge in [-0.3, -0.25) is 0 Å². The van der Waals surface area contributed by atoms with Gasteiger partial charge in [0.15, 0.2) is 0 Å². The Balaban J connectivity index is 2.18. The van der Waals surface area contributed by atoms with Crippen LogP contribution in [0.5, 0.6) is 0 Å². The summed E-state index contributed by atoms with van der Waals surface area (Å²) in [6.45, 7) is 1.59. The molecule has 1 aromatic carbocycles. The fourth-order valence-electron chi connectivity index (χ4n) is 1.85. The quantitative estimate of drug-likeness (QED) is 0.698. The van der Waals surface area contributed by atoms with Crippen LogP contribution in [0.2, 0.25) is 0 Å². The maximum Gasteiger partial charge on any atom is 0.146 e. The molecule has 1 saturated heterocycles. The Morgan fingerprint density at radius 2 is 2.00 bits per heavy atom. The maximum atomic E-state index is 12.9. The number of halogens is 1. The molecule has 0 radical (unpaired) electrons. The van der Waals surface area contributed by atoms with Crippen LogP contribution >= 0.6 is 0 Å². The summed E-state index contributed by atoms with van der Waals surface area (Å²) in [6, 6.07) is 5.01. The highest BCUT2D eigenvalue weighted by Crippen LogP contribution is 2.28. The summed E-state index contributed by atoms with van der Waals surface area (Å²) in [7, 11) is 0. The average Bonchev–Trinajstić information content (AvgIpc) is 2.23. The zero-order chi connectivity index (χ0) is 9.97. The molecule has 0 saturated carbocycles. The molecule has 0 aromatic heterocycles. The summed E-state index contributed by atoms with van der Waals surface area (Å²) >= 11 is 0. The topological polar surface area (TPSA) is 35.2 Å². The van der Waals surface area contributed by atoms with E-state index in [1.54, 1.807) is 6.07 Å². The van der Waals surface area contributed by atoms with Crippen molar-refractivity contribution in [2.75, 3.05) is 18.9 Å². The molecular weight excluding hydrogens is 181 g/mol. The van der Waals surface area contributed by atoms with Crippen molar-refractivity contribution in [1.29, 1.82) is 0 Å². The zero-order valence-electron chi connectivity index (χ0n) is 8.00. The van der Waals surface area contributed by atoms with Gasteiger partial charge in [-0.25, -0.2) is 4.39 Å². The Hall–Kier alpha value is -1.09. The Labute approximate surface area is 82.9 Å². The fraction of sp³-hybridized carbons (Fsp3) is 0.455. The third-order valence-corrected chi connectivity index (χ3v) is 2.71. The number of ether oxygens (including phenoxy) is 1. The van der Waals surface area contributed by atoms with Gasteiger partial charge in [0, 0.05) is 13.2 Å². The molecule has 0 amide bonds. The minimum Gasteiger partial charge on any atom is -0.396 e. The Morgan fingerprint density at radius 3 is 2.64 bits per heavy atom. The van der Waals surface area contributed by atoms with Crippen molar-refractivity contribution in [3.05, 3.63) is 29.6 Å². The smallest absolute Gasteiger partial charge is 0.146 e. The molecule has 3 heteroatoms. The highest BCUT2D eigenvalue weighted by molar-refractivity contribution is 5.43. The van der Waals surface area contributed by atoms with Crippen LogP contribution in [-0.4, -0.2) is 13.2 Å². The van der Waals surface area contributed by atoms with Crippen molar-refractivity contribution in [3.63, 3.8) is 0 Å². The lowest BCUT2D eigenvalue weighted by atomic mass is 9.91. The molecule has 0 bridgehead atoms. The van der Waals surface area contributed by atoms with Gasteiger partial charge < -0.3 is 10.5 Å². The summed E-state index contributed by atoms with van der Waals surface area (Å²) in [5.41, 5.74) is 6.90. The number of rotatable bonds is 1. The molecule has 14 heavy (non-hydrogen) atoms. The summed E-state index contributed by atoms with van der Waals surface area (Å²) in [4.78, 5) is 0. The molecule has 1 fully saturated rings. The standard InChI is InChI=1S/C11H14FNO/c12-10-2-1-9(7-11(10)13)8-3-5-14-6-4-8/h1-2,7-8H,3-6,13H2. The van der Waals surface area contributed by atoms with Crippen LogP contribution in [-0.2, 0) is 4.74 Å². The van der Waals surface area contributed by atoms with E-state index in [9.17, 15) is 4.39 Å². The minimum atomic E-state index is -0.333. The first kappa shape index (κ1) is 9.46. The maximum absolute atomic E-state index is 12.9. The molecule has 1 aromatic rings. The van der Waals surface area contributed by atoms with Gasteiger partial charge in [-0.05, 0) is 36.5 Å². The predicted molar refractivity (Wildman–Crippen MR) is 53.6 cm³/mol. The Bertz CT molecular complexity index is 321. The van der Waals surface area contributed by atoms with Crippen LogP contribution in [0.25, 0.3) is 0 Å². The molecule has 2 rings (SSSR count). The molecular formula is C11H14FNO. The molecule has 1 aliphatic heterocycles. The second-order valence-electron chi connectivity index (χ2n) is 3.67. The van der Waals surface area contributed by atoms with Gasteiger partial charge in [-0.1, -0.05) is 6.07 Å². The van der Waals surface area contributed by atoms with E-state index < -0.39 is 0 Å². The number of anilines is 1. The lowest BCUT2D eigenvalue weighted by Crippen LogP contribution is -2.14. The van der Waals surface area contributed by atoms with Crippen molar-refractivity contribution >= 4 is 5.69 Å². The number of hydrogen-bond donors (Lipinski definition) is 1. The van der Waals surface area contributed by atoms with E-state index in [1.165, 1.54) is 6.07 Å². The van der Waals surface area contributed by atoms with E-state index in [-0.39, 0.29) is 11.5 Å². The van der Waals surface area contributed by atoms with E-state index in [0.717, 1.165) is 31.6 Å². The Morgan fingerprint density at radius 1 is 1.29 bits per heavy atom. The van der Waals surface area contributed by atoms with Crippen molar-refractivity contribution in [3.8, 4) is 0 Å². The molecule has 0 unspecified atom stereocenters. The van der Waals surface area contributed by atoms with Gasteiger partial charge in [0.05, 0.1) is 5.69 Å². The van der Waals surface area contributed by atoms with Crippen LogP contribution in [0, 0.1) is 5.82 Å². The summed E-state index contributed by atoms with van der Waals surface area (Å²) in [5, 5.41) is 0. The van der Waals surface area contributed by atoms with Gasteiger partial charge in [0.2, 0.25) is 0 Å². The first-order chi connectivity index (χ1) is 6.77. The molecule has 2 N–H and O–H groups in total. The molecule has 2 nitrogen and oxygen atoms in total. The molecule has 1 aliphatic rings. The van der Waals surface area contributed by atoms with Crippen molar-refractivity contribution in [2.24, 2.45) is 0 Å². The van der Waals surface area contributed by atoms with E-state index in [1.807, 2.05) is 6.07 Å². The van der Waals surface area contributed by atoms with E-state index in [4.69, 9.17) is 10.5 Å². The van der Waals surface area contributed by atoms with Crippen molar-refractivity contribution in [2.45, 2.75) is 18.8 Å². The van der Waals surface area contributed by atoms with Crippen LogP contribution in [0.15, 0.2) is 18.2 Å². The second kappa shape index (κ2) is 3.96. The van der Waals surface area contributed by atoms with Crippen LogP contribution in [0.1, 0.15) is 24.3 Å². The molecule has 0 aliphatic carbocycles. The highest BCUT2D eigenvalue weighted by Gasteiger charge is 2.16. The third-order valence-electron chi connectivity index (χ3n) is 2.71. The second-order valence-corrected chi connectivity index (χ2v) is 3.67. The molecule has 0 spiro atoms. The van der Waals surface area contributed by atoms with Crippen LogP contribution < -0.4 is 5.73 Å². The number of benzene rings is 1. The molecule has 1 heterocycles. The fourth-order valence-corrected chi connectivity index (χ4v) is 1.85. The first-order valence-corrected chi connectivity index (χ1v) is 4.90. The average molecular weight is 195 g/mol. The third kappa shape index (κ3) is 1.87. The summed E-state index contributed by atoms with van der Waals surface area (Å²) < 4.78 is 18.2. The number of nitrogens with two attached hydrogens (primary N) is 1. The monoisotopic (exact) mass is 195 g/mol. The van der Waals surface area contributed by atoms with Gasteiger partial charge >= 0.3 is 0 Å². The van der Waals surface area contributed by atoms with Crippen LogP contribution in [0.4, 0.5) is 10.1 Å². The summed E-state index contributed by atoms with van der Waals surface area (Å²) in [6.07, 6.45) is 2.01. The molecule has 76 valence electrons.